The van der Waals surface area contributed by atoms with Gasteiger partial charge in [-0.25, -0.2) is 14.5 Å². The van der Waals surface area contributed by atoms with Gasteiger partial charge in [-0.15, -0.1) is 0 Å². The molecule has 0 radical (unpaired) electrons. The van der Waals surface area contributed by atoms with Gasteiger partial charge in [0, 0.05) is 12.5 Å². The van der Waals surface area contributed by atoms with Crippen molar-refractivity contribution in [2.24, 2.45) is 0 Å². The van der Waals surface area contributed by atoms with Crippen LogP contribution in [-0.2, 0) is 40.0 Å². The number of carbonyl (C=O) groups is 3. The maximum Gasteiger partial charge on any atom is 0.418 e. The summed E-state index contributed by atoms with van der Waals surface area (Å²) in [6.45, 7) is 6.34. The van der Waals surface area contributed by atoms with Crippen LogP contribution in [0.2, 0.25) is 0 Å². The predicted molar refractivity (Wildman–Crippen MR) is 125 cm³/mol. The molecule has 2 aromatic rings. The summed E-state index contributed by atoms with van der Waals surface area (Å²) in [6.07, 6.45) is -0.592. The van der Waals surface area contributed by atoms with E-state index in [-0.39, 0.29) is 17.3 Å². The second-order valence-electron chi connectivity index (χ2n) is 8.92. The number of amides is 2. The third-order valence-corrected chi connectivity index (χ3v) is 6.32. The van der Waals surface area contributed by atoms with Crippen molar-refractivity contribution in [3.8, 4) is 0 Å². The molecule has 0 aliphatic carbocycles. The summed E-state index contributed by atoms with van der Waals surface area (Å²) >= 11 is 0. The molecule has 0 aromatic heterocycles. The Morgan fingerprint density at radius 1 is 1.03 bits per heavy atom. The van der Waals surface area contributed by atoms with Crippen molar-refractivity contribution in [1.29, 1.82) is 0 Å². The molecule has 0 saturated heterocycles. The number of benzene rings is 2. The minimum Gasteiger partial charge on any atom is -0.459 e. The molecule has 1 atom stereocenters. The van der Waals surface area contributed by atoms with Crippen molar-refractivity contribution >= 4 is 28.1 Å². The minimum atomic E-state index is -4.29. The lowest BCUT2D eigenvalue weighted by Gasteiger charge is -2.33. The van der Waals surface area contributed by atoms with Gasteiger partial charge >= 0.3 is 22.2 Å². The average Bonchev–Trinajstić information content (AvgIpc) is 2.76. The van der Waals surface area contributed by atoms with E-state index in [2.05, 4.69) is 0 Å². The molecule has 1 unspecified atom stereocenters. The van der Waals surface area contributed by atoms with Gasteiger partial charge in [0.05, 0.1) is 0 Å². The third-order valence-electron chi connectivity index (χ3n) is 4.89. The number of rotatable bonds is 6. The highest BCUT2D eigenvalue weighted by Gasteiger charge is 2.43. The van der Waals surface area contributed by atoms with Crippen LogP contribution >= 0.6 is 0 Å². The van der Waals surface area contributed by atoms with E-state index in [9.17, 15) is 22.8 Å². The van der Waals surface area contributed by atoms with Crippen molar-refractivity contribution in [3.63, 3.8) is 0 Å². The lowest BCUT2D eigenvalue weighted by atomic mass is 10.1. The molecule has 10 heteroatoms. The van der Waals surface area contributed by atoms with E-state index in [1.54, 1.807) is 70.2 Å². The molecule has 2 amide bonds. The SMILES string of the molecule is Cc1ccccc1S(=O)(=O)OC1=CC(=O)N(C(=O)OC(C)(C)C)C(C(=O)OCc2ccccc2)C1. The second-order valence-corrected chi connectivity index (χ2v) is 10.4. The summed E-state index contributed by atoms with van der Waals surface area (Å²) in [7, 11) is -4.29. The van der Waals surface area contributed by atoms with Gasteiger partial charge in [0.2, 0.25) is 0 Å². The van der Waals surface area contributed by atoms with Gasteiger partial charge in [-0.2, -0.15) is 8.42 Å². The van der Waals surface area contributed by atoms with E-state index in [0.29, 0.717) is 16.0 Å². The predicted octanol–water partition coefficient (Wildman–Crippen LogP) is 3.86. The van der Waals surface area contributed by atoms with Crippen LogP contribution in [0.25, 0.3) is 0 Å². The Morgan fingerprint density at radius 2 is 1.66 bits per heavy atom. The Labute approximate surface area is 204 Å². The highest BCUT2D eigenvalue weighted by atomic mass is 32.2. The Kier molecular flexibility index (Phi) is 7.64. The molecule has 0 fully saturated rings. The molecule has 0 N–H and O–H groups in total. The lowest BCUT2D eigenvalue weighted by Crippen LogP contribution is -2.52. The van der Waals surface area contributed by atoms with Gasteiger partial charge in [0.1, 0.15) is 28.9 Å². The summed E-state index contributed by atoms with van der Waals surface area (Å²) in [5.74, 6) is -2.16. The van der Waals surface area contributed by atoms with Crippen molar-refractivity contribution in [3.05, 3.63) is 77.6 Å². The first-order valence-corrected chi connectivity index (χ1v) is 12.3. The largest absolute Gasteiger partial charge is 0.459 e. The molecule has 1 aliphatic heterocycles. The molecule has 1 aliphatic rings. The number of nitrogens with zero attached hydrogens (tertiary/aromatic N) is 1. The van der Waals surface area contributed by atoms with Crippen LogP contribution in [0.3, 0.4) is 0 Å². The number of imide groups is 1. The Balaban J connectivity index is 1.88. The van der Waals surface area contributed by atoms with Crippen molar-refractivity contribution in [2.45, 2.75) is 57.3 Å². The smallest absolute Gasteiger partial charge is 0.418 e. The Hall–Kier alpha value is -3.66. The van der Waals surface area contributed by atoms with Gasteiger partial charge in [-0.05, 0) is 44.9 Å². The summed E-state index contributed by atoms with van der Waals surface area (Å²) in [5, 5.41) is 0. The van der Waals surface area contributed by atoms with Gasteiger partial charge < -0.3 is 13.7 Å². The number of ether oxygens (including phenoxy) is 2. The highest BCUT2D eigenvalue weighted by Crippen LogP contribution is 2.28. The second kappa shape index (κ2) is 10.3. The van der Waals surface area contributed by atoms with E-state index < -0.39 is 46.2 Å². The summed E-state index contributed by atoms with van der Waals surface area (Å²) in [5.41, 5.74) is 0.204. The number of esters is 1. The van der Waals surface area contributed by atoms with E-state index in [0.717, 1.165) is 6.08 Å². The zero-order valence-corrected chi connectivity index (χ0v) is 20.7. The molecular weight excluding hydrogens is 474 g/mol. The molecule has 9 nitrogen and oxygen atoms in total. The fraction of sp³-hybridized carbons (Fsp3) is 0.320. The van der Waals surface area contributed by atoms with Gasteiger partial charge in [-0.3, -0.25) is 4.79 Å². The van der Waals surface area contributed by atoms with Crippen LogP contribution in [0.1, 0.15) is 38.3 Å². The van der Waals surface area contributed by atoms with Crippen LogP contribution in [-0.4, -0.2) is 42.9 Å². The number of hydrogen-bond donors (Lipinski definition) is 0. The fourth-order valence-electron chi connectivity index (χ4n) is 3.32. The zero-order chi connectivity index (χ0) is 25.8. The lowest BCUT2D eigenvalue weighted by molar-refractivity contribution is -0.155. The van der Waals surface area contributed by atoms with E-state index in [1.165, 1.54) is 12.1 Å². The first kappa shape index (κ1) is 26.0. The van der Waals surface area contributed by atoms with Crippen molar-refractivity contribution in [2.75, 3.05) is 0 Å². The molecule has 0 saturated carbocycles. The minimum absolute atomic E-state index is 0.0777. The van der Waals surface area contributed by atoms with Gasteiger partial charge in [0.25, 0.3) is 5.91 Å². The van der Waals surface area contributed by atoms with Crippen LogP contribution in [0, 0.1) is 6.92 Å². The maximum atomic E-state index is 13.0. The zero-order valence-electron chi connectivity index (χ0n) is 19.9. The van der Waals surface area contributed by atoms with Crippen LogP contribution in [0.15, 0.2) is 71.3 Å². The molecule has 0 spiro atoms. The molecule has 0 bridgehead atoms. The number of aryl methyl sites for hydroxylation is 1. The van der Waals surface area contributed by atoms with Gasteiger partial charge in [-0.1, -0.05) is 48.5 Å². The van der Waals surface area contributed by atoms with Crippen LogP contribution in [0.4, 0.5) is 4.79 Å². The number of carbonyl (C=O) groups excluding carboxylic acids is 3. The van der Waals surface area contributed by atoms with Crippen molar-refractivity contribution in [1.82, 2.24) is 4.90 Å². The molecule has 1 heterocycles. The van der Waals surface area contributed by atoms with E-state index >= 15 is 0 Å². The topological polar surface area (TPSA) is 116 Å². The van der Waals surface area contributed by atoms with Crippen LogP contribution in [0.5, 0.6) is 0 Å². The van der Waals surface area contributed by atoms with Crippen molar-refractivity contribution < 1.29 is 36.5 Å². The normalized spacial score (nSPS) is 16.3. The average molecular weight is 502 g/mol. The first-order valence-electron chi connectivity index (χ1n) is 10.8. The molecule has 2 aromatic carbocycles. The Bertz CT molecular complexity index is 1250. The fourth-order valence-corrected chi connectivity index (χ4v) is 4.52. The van der Waals surface area contributed by atoms with E-state index in [4.69, 9.17) is 13.7 Å². The van der Waals surface area contributed by atoms with Crippen LogP contribution < -0.4 is 0 Å². The Morgan fingerprint density at radius 3 is 2.29 bits per heavy atom. The summed E-state index contributed by atoms with van der Waals surface area (Å²) < 4.78 is 41.5. The van der Waals surface area contributed by atoms with Gasteiger partial charge in [0.15, 0.2) is 0 Å². The van der Waals surface area contributed by atoms with E-state index in [1.807, 2.05) is 0 Å². The standard InChI is InChI=1S/C25H27NO8S/c1-17-10-8-9-13-21(17)35(30,31)34-19-14-20(23(28)32-16-18-11-6-5-7-12-18)26(22(27)15-19)24(29)33-25(2,3)4/h5-13,15,20H,14,16H2,1-4H3. The molecule has 3 rings (SSSR count). The number of hydrogen-bond acceptors (Lipinski definition) is 8. The quantitative estimate of drug-likeness (QED) is 0.433. The third kappa shape index (κ3) is 6.69. The highest BCUT2D eigenvalue weighted by molar-refractivity contribution is 7.87. The molecule has 35 heavy (non-hydrogen) atoms. The first-order chi connectivity index (χ1) is 16.4. The molecule has 186 valence electrons. The monoisotopic (exact) mass is 501 g/mol. The maximum absolute atomic E-state index is 13.0. The summed E-state index contributed by atoms with van der Waals surface area (Å²) in [6, 6.07) is 13.5. The summed E-state index contributed by atoms with van der Waals surface area (Å²) in [4.78, 5) is 39.2. The molecular formula is C25H27NO8S.